The normalized spacial score (nSPS) is 9.93. The van der Waals surface area contributed by atoms with E-state index in [1.807, 2.05) is 6.92 Å². The number of thiazole rings is 1. The summed E-state index contributed by atoms with van der Waals surface area (Å²) >= 11 is 12.2. The molecule has 1 heterocycles. The summed E-state index contributed by atoms with van der Waals surface area (Å²) in [7, 11) is 0. The summed E-state index contributed by atoms with van der Waals surface area (Å²) in [4.78, 5) is 12.2. The van der Waals surface area contributed by atoms with Gasteiger partial charge in [0.2, 0.25) is 0 Å². The maximum absolute atomic E-state index is 11.5. The van der Waals surface area contributed by atoms with E-state index in [9.17, 15) is 4.79 Å². The summed E-state index contributed by atoms with van der Waals surface area (Å²) in [5.41, 5.74) is 0.860. The van der Waals surface area contributed by atoms with Gasteiger partial charge in [-0.15, -0.1) is 6.58 Å². The Labute approximate surface area is 96.1 Å². The van der Waals surface area contributed by atoms with Crippen molar-refractivity contribution in [2.75, 3.05) is 0 Å². The smallest absolute Gasteiger partial charge is 0.299 e. The Balaban J connectivity index is 3.23. The average Bonchev–Trinajstić information content (AvgIpc) is 2.32. The van der Waals surface area contributed by atoms with Gasteiger partial charge in [0.1, 0.15) is 4.49 Å². The molecule has 0 unspecified atom stereocenters. The van der Waals surface area contributed by atoms with Crippen molar-refractivity contribution < 1.29 is 0 Å². The molecule has 1 aromatic rings. The van der Waals surface area contributed by atoms with Crippen molar-refractivity contribution in [1.82, 2.24) is 4.57 Å². The quantitative estimate of drug-likeness (QED) is 0.755. The van der Waals surface area contributed by atoms with E-state index in [1.54, 1.807) is 16.7 Å². The number of halogens is 2. The van der Waals surface area contributed by atoms with Gasteiger partial charge < -0.3 is 0 Å². The Hall–Kier alpha value is -0.510. The molecule has 1 rings (SSSR count). The van der Waals surface area contributed by atoms with Crippen molar-refractivity contribution in [2.24, 2.45) is 0 Å². The highest BCUT2D eigenvalue weighted by atomic mass is 35.5. The molecule has 14 heavy (non-hydrogen) atoms. The molecule has 0 atom stereocenters. The molecule has 0 N–H and O–H groups in total. The maximum Gasteiger partial charge on any atom is 0.308 e. The standard InChI is InChI=1S/C9H9Cl2NOS/c1-3-4-12-6(2)7(5-8(10)11)14-9(12)13/h3,5H,1,4H2,2H3. The topological polar surface area (TPSA) is 22.0 Å². The monoisotopic (exact) mass is 249 g/mol. The van der Waals surface area contributed by atoms with Crippen molar-refractivity contribution in [3.05, 3.63) is 37.4 Å². The van der Waals surface area contributed by atoms with Gasteiger partial charge in [0.15, 0.2) is 0 Å². The Morgan fingerprint density at radius 3 is 2.79 bits per heavy atom. The molecule has 0 aromatic carbocycles. The number of aromatic nitrogens is 1. The van der Waals surface area contributed by atoms with Crippen LogP contribution >= 0.6 is 34.5 Å². The van der Waals surface area contributed by atoms with Crippen LogP contribution in [0.25, 0.3) is 6.08 Å². The van der Waals surface area contributed by atoms with E-state index in [2.05, 4.69) is 6.58 Å². The Kier molecular flexibility index (Phi) is 3.98. The summed E-state index contributed by atoms with van der Waals surface area (Å²) in [6.07, 6.45) is 3.25. The Morgan fingerprint density at radius 1 is 1.64 bits per heavy atom. The zero-order chi connectivity index (χ0) is 10.7. The molecule has 0 amide bonds. The predicted molar refractivity (Wildman–Crippen MR) is 63.2 cm³/mol. The van der Waals surface area contributed by atoms with Crippen molar-refractivity contribution in [1.29, 1.82) is 0 Å². The van der Waals surface area contributed by atoms with Crippen LogP contribution in [0.3, 0.4) is 0 Å². The first kappa shape index (κ1) is 11.6. The molecule has 0 aliphatic carbocycles. The van der Waals surface area contributed by atoms with Gasteiger partial charge in [-0.2, -0.15) is 0 Å². The first-order chi connectivity index (χ1) is 6.56. The molecular weight excluding hydrogens is 241 g/mol. The van der Waals surface area contributed by atoms with Crippen LogP contribution in [0.1, 0.15) is 10.6 Å². The number of allylic oxidation sites excluding steroid dienone is 1. The molecule has 0 saturated heterocycles. The zero-order valence-corrected chi connectivity index (χ0v) is 9.92. The predicted octanol–water partition coefficient (Wildman–Crippen LogP) is 3.18. The second kappa shape index (κ2) is 4.82. The number of hydrogen-bond acceptors (Lipinski definition) is 2. The molecule has 2 nitrogen and oxygen atoms in total. The van der Waals surface area contributed by atoms with E-state index in [1.165, 1.54) is 0 Å². The fraction of sp³-hybridized carbons (Fsp3) is 0.222. The van der Waals surface area contributed by atoms with Gasteiger partial charge in [-0.05, 0) is 13.0 Å². The lowest BCUT2D eigenvalue weighted by Crippen LogP contribution is -2.12. The van der Waals surface area contributed by atoms with Gasteiger partial charge in [-0.1, -0.05) is 40.6 Å². The first-order valence-electron chi connectivity index (χ1n) is 3.90. The highest BCUT2D eigenvalue weighted by molar-refractivity contribution is 7.10. The lowest BCUT2D eigenvalue weighted by atomic mass is 10.4. The van der Waals surface area contributed by atoms with Crippen molar-refractivity contribution in [3.8, 4) is 0 Å². The maximum atomic E-state index is 11.5. The second-order valence-electron chi connectivity index (χ2n) is 2.65. The van der Waals surface area contributed by atoms with E-state index >= 15 is 0 Å². The van der Waals surface area contributed by atoms with Crippen LogP contribution in [-0.4, -0.2) is 4.57 Å². The van der Waals surface area contributed by atoms with Gasteiger partial charge >= 0.3 is 4.87 Å². The van der Waals surface area contributed by atoms with E-state index in [0.29, 0.717) is 6.54 Å². The fourth-order valence-corrected chi connectivity index (χ4v) is 2.36. The third kappa shape index (κ3) is 2.50. The van der Waals surface area contributed by atoms with Crippen LogP contribution in [0.2, 0.25) is 0 Å². The summed E-state index contributed by atoms with van der Waals surface area (Å²) in [5.74, 6) is 0. The zero-order valence-electron chi connectivity index (χ0n) is 7.59. The SMILES string of the molecule is C=CCn1c(C)c(C=C(Cl)Cl)sc1=O. The van der Waals surface area contributed by atoms with Crippen molar-refractivity contribution in [3.63, 3.8) is 0 Å². The minimum atomic E-state index is -0.0248. The minimum Gasteiger partial charge on any atom is -0.299 e. The molecule has 0 aliphatic rings. The van der Waals surface area contributed by atoms with Crippen LogP contribution in [0.5, 0.6) is 0 Å². The van der Waals surface area contributed by atoms with E-state index in [-0.39, 0.29) is 9.36 Å². The molecular formula is C9H9Cl2NOS. The molecule has 0 bridgehead atoms. The highest BCUT2D eigenvalue weighted by Crippen LogP contribution is 2.19. The minimum absolute atomic E-state index is 0.0248. The molecule has 0 saturated carbocycles. The van der Waals surface area contributed by atoms with Gasteiger partial charge in [-0.25, -0.2) is 0 Å². The van der Waals surface area contributed by atoms with Crippen LogP contribution in [-0.2, 0) is 6.54 Å². The number of nitrogens with zero attached hydrogens (tertiary/aromatic N) is 1. The third-order valence-electron chi connectivity index (χ3n) is 1.73. The fourth-order valence-electron chi connectivity index (χ4n) is 1.07. The van der Waals surface area contributed by atoms with Gasteiger partial charge in [0.05, 0.1) is 4.88 Å². The van der Waals surface area contributed by atoms with Crippen LogP contribution in [0.15, 0.2) is 21.9 Å². The van der Waals surface area contributed by atoms with Crippen LogP contribution in [0, 0.1) is 6.92 Å². The summed E-state index contributed by atoms with van der Waals surface area (Å²) in [5, 5.41) is 0. The highest BCUT2D eigenvalue weighted by Gasteiger charge is 2.07. The van der Waals surface area contributed by atoms with Gasteiger partial charge in [0, 0.05) is 12.2 Å². The largest absolute Gasteiger partial charge is 0.308 e. The van der Waals surface area contributed by atoms with Crippen LogP contribution < -0.4 is 4.87 Å². The lowest BCUT2D eigenvalue weighted by Gasteiger charge is -1.98. The van der Waals surface area contributed by atoms with E-state index < -0.39 is 0 Å². The molecule has 0 radical (unpaired) electrons. The Morgan fingerprint density at radius 2 is 2.29 bits per heavy atom. The van der Waals surface area contributed by atoms with E-state index in [4.69, 9.17) is 23.2 Å². The molecule has 0 fully saturated rings. The van der Waals surface area contributed by atoms with Crippen molar-refractivity contribution >= 4 is 40.6 Å². The lowest BCUT2D eigenvalue weighted by molar-refractivity contribution is 0.774. The molecule has 0 aliphatic heterocycles. The molecule has 5 heteroatoms. The van der Waals surface area contributed by atoms with Gasteiger partial charge in [0.25, 0.3) is 0 Å². The average molecular weight is 250 g/mol. The summed E-state index contributed by atoms with van der Waals surface area (Å²) < 4.78 is 1.78. The van der Waals surface area contributed by atoms with E-state index in [0.717, 1.165) is 21.9 Å². The number of rotatable bonds is 3. The summed E-state index contributed by atoms with van der Waals surface area (Å²) in [6.45, 7) is 5.95. The number of hydrogen-bond donors (Lipinski definition) is 0. The molecule has 0 spiro atoms. The van der Waals surface area contributed by atoms with Gasteiger partial charge in [-0.3, -0.25) is 9.36 Å². The second-order valence-corrected chi connectivity index (χ2v) is 4.65. The molecule has 1 aromatic heterocycles. The Bertz CT molecular complexity index is 427. The third-order valence-corrected chi connectivity index (χ3v) is 2.98. The van der Waals surface area contributed by atoms with Crippen LogP contribution in [0.4, 0.5) is 0 Å². The molecule has 76 valence electrons. The first-order valence-corrected chi connectivity index (χ1v) is 5.47. The summed E-state index contributed by atoms with van der Waals surface area (Å²) in [6, 6.07) is 0. The van der Waals surface area contributed by atoms with Crippen molar-refractivity contribution in [2.45, 2.75) is 13.5 Å².